The van der Waals surface area contributed by atoms with Gasteiger partial charge < -0.3 is 5.11 Å². The van der Waals surface area contributed by atoms with Gasteiger partial charge in [0.1, 0.15) is 10.6 Å². The summed E-state index contributed by atoms with van der Waals surface area (Å²) in [5.74, 6) is 0.270. The highest BCUT2D eigenvalue weighted by atomic mass is 32.2. The SMILES string of the molecule is O=S(=O)(NCC1CC1)c1ccccc1O. The number of sulfonamides is 1. The summed E-state index contributed by atoms with van der Waals surface area (Å²) in [7, 11) is -3.55. The average molecular weight is 227 g/mol. The summed E-state index contributed by atoms with van der Waals surface area (Å²) in [6.45, 7) is 0.469. The third kappa shape index (κ3) is 2.49. The van der Waals surface area contributed by atoms with Crippen molar-refractivity contribution in [1.82, 2.24) is 4.72 Å². The summed E-state index contributed by atoms with van der Waals surface area (Å²) in [4.78, 5) is -0.0503. The van der Waals surface area contributed by atoms with Gasteiger partial charge in [0.05, 0.1) is 0 Å². The molecule has 2 rings (SSSR count). The molecule has 0 radical (unpaired) electrons. The molecule has 15 heavy (non-hydrogen) atoms. The molecule has 0 amide bonds. The molecule has 5 heteroatoms. The molecular formula is C10H13NO3S. The van der Waals surface area contributed by atoms with E-state index in [0.717, 1.165) is 12.8 Å². The van der Waals surface area contributed by atoms with Crippen LogP contribution in [0, 0.1) is 5.92 Å². The maximum absolute atomic E-state index is 11.7. The fraction of sp³-hybridized carbons (Fsp3) is 0.400. The van der Waals surface area contributed by atoms with Gasteiger partial charge in [0.2, 0.25) is 10.0 Å². The van der Waals surface area contributed by atoms with E-state index in [0.29, 0.717) is 12.5 Å². The molecule has 0 bridgehead atoms. The Morgan fingerprint density at radius 3 is 2.60 bits per heavy atom. The molecule has 0 aromatic heterocycles. The molecule has 4 nitrogen and oxygen atoms in total. The van der Waals surface area contributed by atoms with Gasteiger partial charge in [-0.05, 0) is 30.9 Å². The number of benzene rings is 1. The van der Waals surface area contributed by atoms with Crippen molar-refractivity contribution in [2.45, 2.75) is 17.7 Å². The highest BCUT2D eigenvalue weighted by molar-refractivity contribution is 7.89. The van der Waals surface area contributed by atoms with Crippen LogP contribution >= 0.6 is 0 Å². The second-order valence-corrected chi connectivity index (χ2v) is 5.50. The molecule has 0 unspecified atom stereocenters. The number of phenols is 1. The first kappa shape index (κ1) is 10.4. The maximum atomic E-state index is 11.7. The second kappa shape index (κ2) is 3.83. The van der Waals surface area contributed by atoms with Gasteiger partial charge in [-0.25, -0.2) is 13.1 Å². The number of para-hydroxylation sites is 1. The normalized spacial score (nSPS) is 16.5. The average Bonchev–Trinajstić information content (AvgIpc) is 2.99. The minimum absolute atomic E-state index is 0.0503. The molecule has 1 aromatic carbocycles. The smallest absolute Gasteiger partial charge is 0.244 e. The van der Waals surface area contributed by atoms with E-state index < -0.39 is 10.0 Å². The molecule has 0 saturated heterocycles. The van der Waals surface area contributed by atoms with Crippen molar-refractivity contribution in [2.24, 2.45) is 5.92 Å². The molecule has 1 aliphatic rings. The lowest BCUT2D eigenvalue weighted by Crippen LogP contribution is -2.25. The molecule has 0 heterocycles. The Morgan fingerprint density at radius 1 is 1.33 bits per heavy atom. The molecule has 1 fully saturated rings. The molecule has 82 valence electrons. The van der Waals surface area contributed by atoms with Crippen LogP contribution in [-0.2, 0) is 10.0 Å². The van der Waals surface area contributed by atoms with Crippen LogP contribution in [0.4, 0.5) is 0 Å². The van der Waals surface area contributed by atoms with E-state index in [4.69, 9.17) is 0 Å². The summed E-state index contributed by atoms with van der Waals surface area (Å²) in [6, 6.07) is 5.94. The monoisotopic (exact) mass is 227 g/mol. The summed E-state index contributed by atoms with van der Waals surface area (Å²) in [5, 5.41) is 9.41. The zero-order chi connectivity index (χ0) is 10.9. The Balaban J connectivity index is 2.16. The summed E-state index contributed by atoms with van der Waals surface area (Å²) in [6.07, 6.45) is 2.17. The molecule has 0 spiro atoms. The molecular weight excluding hydrogens is 214 g/mol. The van der Waals surface area contributed by atoms with Gasteiger partial charge in [-0.1, -0.05) is 12.1 Å². The van der Waals surface area contributed by atoms with E-state index in [1.807, 2.05) is 0 Å². The Bertz CT molecular complexity index is 451. The van der Waals surface area contributed by atoms with Crippen molar-refractivity contribution in [3.63, 3.8) is 0 Å². The Morgan fingerprint density at radius 2 is 2.00 bits per heavy atom. The molecule has 1 saturated carbocycles. The third-order valence-corrected chi connectivity index (χ3v) is 3.88. The predicted octanol–water partition coefficient (Wildman–Crippen LogP) is 1.08. The molecule has 1 aromatic rings. The topological polar surface area (TPSA) is 66.4 Å². The largest absolute Gasteiger partial charge is 0.507 e. The number of nitrogens with one attached hydrogen (secondary N) is 1. The van der Waals surface area contributed by atoms with Crippen molar-refractivity contribution in [1.29, 1.82) is 0 Å². The first-order chi connectivity index (χ1) is 7.09. The summed E-state index contributed by atoms with van der Waals surface area (Å²) < 4.78 is 25.9. The number of hydrogen-bond donors (Lipinski definition) is 2. The van der Waals surface area contributed by atoms with Gasteiger partial charge in [-0.15, -0.1) is 0 Å². The van der Waals surface area contributed by atoms with Gasteiger partial charge in [-0.2, -0.15) is 0 Å². The highest BCUT2D eigenvalue weighted by Crippen LogP contribution is 2.28. The van der Waals surface area contributed by atoms with E-state index in [-0.39, 0.29) is 10.6 Å². The van der Waals surface area contributed by atoms with Crippen LogP contribution in [0.2, 0.25) is 0 Å². The minimum atomic E-state index is -3.55. The van der Waals surface area contributed by atoms with Crippen LogP contribution in [0.15, 0.2) is 29.2 Å². The lowest BCUT2D eigenvalue weighted by molar-refractivity contribution is 0.458. The Kier molecular flexibility index (Phi) is 2.67. The number of hydrogen-bond acceptors (Lipinski definition) is 3. The second-order valence-electron chi connectivity index (χ2n) is 3.76. The lowest BCUT2D eigenvalue weighted by atomic mass is 10.3. The van der Waals surface area contributed by atoms with Crippen molar-refractivity contribution in [3.8, 4) is 5.75 Å². The number of aromatic hydroxyl groups is 1. The van der Waals surface area contributed by atoms with E-state index in [9.17, 15) is 13.5 Å². The highest BCUT2D eigenvalue weighted by Gasteiger charge is 2.25. The van der Waals surface area contributed by atoms with Crippen molar-refractivity contribution < 1.29 is 13.5 Å². The van der Waals surface area contributed by atoms with E-state index >= 15 is 0 Å². The maximum Gasteiger partial charge on any atom is 0.244 e. The molecule has 2 N–H and O–H groups in total. The van der Waals surface area contributed by atoms with Crippen LogP contribution in [0.25, 0.3) is 0 Å². The van der Waals surface area contributed by atoms with Crippen LogP contribution in [0.1, 0.15) is 12.8 Å². The van der Waals surface area contributed by atoms with Crippen LogP contribution in [0.3, 0.4) is 0 Å². The van der Waals surface area contributed by atoms with Gasteiger partial charge in [0.25, 0.3) is 0 Å². The van der Waals surface area contributed by atoms with Crippen molar-refractivity contribution in [2.75, 3.05) is 6.54 Å². The van der Waals surface area contributed by atoms with Gasteiger partial charge in [0, 0.05) is 6.54 Å². The van der Waals surface area contributed by atoms with E-state index in [1.165, 1.54) is 12.1 Å². The number of rotatable bonds is 4. The van der Waals surface area contributed by atoms with E-state index in [2.05, 4.69) is 4.72 Å². The molecule has 0 aliphatic heterocycles. The van der Waals surface area contributed by atoms with Gasteiger partial charge in [-0.3, -0.25) is 0 Å². The predicted molar refractivity (Wildman–Crippen MR) is 56.0 cm³/mol. The zero-order valence-corrected chi connectivity index (χ0v) is 9.00. The minimum Gasteiger partial charge on any atom is -0.507 e. The zero-order valence-electron chi connectivity index (χ0n) is 8.18. The standard InChI is InChI=1S/C10H13NO3S/c12-9-3-1-2-4-10(9)15(13,14)11-7-8-5-6-8/h1-4,8,11-12H,5-7H2. The van der Waals surface area contributed by atoms with Gasteiger partial charge >= 0.3 is 0 Å². The van der Waals surface area contributed by atoms with Crippen LogP contribution < -0.4 is 4.72 Å². The lowest BCUT2D eigenvalue weighted by Gasteiger charge is -2.07. The van der Waals surface area contributed by atoms with Gasteiger partial charge in [0.15, 0.2) is 0 Å². The van der Waals surface area contributed by atoms with Crippen LogP contribution in [-0.4, -0.2) is 20.1 Å². The summed E-state index contributed by atoms with van der Waals surface area (Å²) in [5.41, 5.74) is 0. The fourth-order valence-corrected chi connectivity index (χ4v) is 2.52. The molecule has 1 aliphatic carbocycles. The summed E-state index contributed by atoms with van der Waals surface area (Å²) >= 11 is 0. The Labute approximate surface area is 89.0 Å². The first-order valence-corrected chi connectivity index (χ1v) is 6.35. The Hall–Kier alpha value is -1.07. The van der Waals surface area contributed by atoms with Crippen molar-refractivity contribution in [3.05, 3.63) is 24.3 Å². The third-order valence-electron chi connectivity index (χ3n) is 2.41. The fourth-order valence-electron chi connectivity index (χ4n) is 1.31. The number of phenolic OH excluding ortho intramolecular Hbond substituents is 1. The van der Waals surface area contributed by atoms with E-state index in [1.54, 1.807) is 12.1 Å². The first-order valence-electron chi connectivity index (χ1n) is 4.87. The van der Waals surface area contributed by atoms with Crippen LogP contribution in [0.5, 0.6) is 5.75 Å². The molecule has 0 atom stereocenters. The van der Waals surface area contributed by atoms with Crippen molar-refractivity contribution >= 4 is 10.0 Å². The quantitative estimate of drug-likeness (QED) is 0.809.